The molecule has 3 aromatic heterocycles. The summed E-state index contributed by atoms with van der Waals surface area (Å²) in [6.07, 6.45) is 1.35. The fourth-order valence-corrected chi connectivity index (χ4v) is 4.21. The number of benzene rings is 1. The molecule has 4 aromatic rings. The number of nitrogens with one attached hydrogen (secondary N) is 1. The lowest BCUT2D eigenvalue weighted by Crippen LogP contribution is -2.37. The molecular weight excluding hydrogens is 487 g/mol. The molecule has 0 fully saturated rings. The molecule has 0 saturated carbocycles. The molecule has 3 heterocycles. The Balaban J connectivity index is 1.65. The van der Waals surface area contributed by atoms with Gasteiger partial charge in [0.2, 0.25) is 0 Å². The van der Waals surface area contributed by atoms with Gasteiger partial charge in [0.05, 0.1) is 21.9 Å². The van der Waals surface area contributed by atoms with Crippen LogP contribution in [0.15, 0.2) is 53.4 Å². The van der Waals surface area contributed by atoms with Gasteiger partial charge >= 0.3 is 12.1 Å². The normalized spacial score (nSPS) is 12.9. The third-order valence-corrected chi connectivity index (χ3v) is 5.90. The van der Waals surface area contributed by atoms with E-state index < -0.39 is 12.1 Å². The number of hydrogen-bond acceptors (Lipinski definition) is 4. The number of nitrogens with zero attached hydrogens (tertiary/aromatic N) is 4. The molecule has 6 nitrogen and oxygen atoms in total. The fraction of sp³-hybridized carbons (Fsp3) is 0.273. The lowest BCUT2D eigenvalue weighted by atomic mass is 9.98. The topological polar surface area (TPSA) is 72.2 Å². The van der Waals surface area contributed by atoms with E-state index in [2.05, 4.69) is 26.0 Å². The van der Waals surface area contributed by atoms with Gasteiger partial charge in [0.15, 0.2) is 5.65 Å². The molecule has 1 aromatic carbocycles. The summed E-state index contributed by atoms with van der Waals surface area (Å²) >= 11 is 3.51. The second-order valence-electron chi connectivity index (χ2n) is 7.36. The van der Waals surface area contributed by atoms with Crippen molar-refractivity contribution in [3.63, 3.8) is 0 Å². The zero-order chi connectivity index (χ0) is 22.9. The molecule has 0 aliphatic rings. The average molecular weight is 506 g/mol. The minimum absolute atomic E-state index is 0.100. The fourth-order valence-electron chi connectivity index (χ4n) is 3.61. The predicted octanol–water partition coefficient (Wildman–Crippen LogP) is 5.27. The number of alkyl halides is 3. The van der Waals surface area contributed by atoms with Gasteiger partial charge in [-0.05, 0) is 40.9 Å². The molecule has 0 aliphatic heterocycles. The van der Waals surface area contributed by atoms with Crippen molar-refractivity contribution in [3.8, 4) is 11.1 Å². The van der Waals surface area contributed by atoms with Crippen molar-refractivity contribution in [3.05, 3.63) is 59.1 Å². The van der Waals surface area contributed by atoms with Gasteiger partial charge in [0, 0.05) is 41.4 Å². The second kappa shape index (κ2) is 8.85. The van der Waals surface area contributed by atoms with Gasteiger partial charge in [-0.1, -0.05) is 25.1 Å². The van der Waals surface area contributed by atoms with Gasteiger partial charge < -0.3 is 5.32 Å². The van der Waals surface area contributed by atoms with Crippen molar-refractivity contribution < 1.29 is 18.0 Å². The van der Waals surface area contributed by atoms with Gasteiger partial charge in [-0.2, -0.15) is 18.3 Å². The summed E-state index contributed by atoms with van der Waals surface area (Å²) in [7, 11) is 0. The summed E-state index contributed by atoms with van der Waals surface area (Å²) in [5.74, 6) is -2.09. The second-order valence-corrected chi connectivity index (χ2v) is 8.22. The van der Waals surface area contributed by atoms with Crippen LogP contribution in [0.5, 0.6) is 0 Å². The number of rotatable bonds is 6. The van der Waals surface area contributed by atoms with E-state index in [4.69, 9.17) is 4.98 Å². The Morgan fingerprint density at radius 2 is 2.03 bits per heavy atom. The SMILES string of the molecule is CCC(CCNC(=O)C(F)(F)F)c1nc2c(-c3cnc4ccccc4c3)cnn2cc1Br. The lowest BCUT2D eigenvalue weighted by Gasteiger charge is -2.17. The first-order valence-corrected chi connectivity index (χ1v) is 10.8. The summed E-state index contributed by atoms with van der Waals surface area (Å²) in [5, 5.41) is 7.31. The van der Waals surface area contributed by atoms with Crippen molar-refractivity contribution in [2.24, 2.45) is 0 Å². The highest BCUT2D eigenvalue weighted by Crippen LogP contribution is 2.32. The van der Waals surface area contributed by atoms with Crippen molar-refractivity contribution in [2.45, 2.75) is 31.9 Å². The van der Waals surface area contributed by atoms with E-state index in [0.717, 1.165) is 22.0 Å². The average Bonchev–Trinajstić information content (AvgIpc) is 3.17. The van der Waals surface area contributed by atoms with Crippen molar-refractivity contribution in [1.29, 1.82) is 0 Å². The number of hydrogen-bond donors (Lipinski definition) is 1. The van der Waals surface area contributed by atoms with Crippen LogP contribution in [-0.4, -0.2) is 38.2 Å². The van der Waals surface area contributed by atoms with Gasteiger partial charge in [-0.15, -0.1) is 0 Å². The van der Waals surface area contributed by atoms with Crippen molar-refractivity contribution >= 4 is 38.4 Å². The summed E-state index contributed by atoms with van der Waals surface area (Å²) in [5.41, 5.74) is 3.88. The number of pyridine rings is 1. The van der Waals surface area contributed by atoms with Gasteiger partial charge in [0.1, 0.15) is 0 Å². The number of amides is 1. The highest BCUT2D eigenvalue weighted by molar-refractivity contribution is 9.10. The zero-order valence-corrected chi connectivity index (χ0v) is 18.6. The van der Waals surface area contributed by atoms with Crippen LogP contribution in [0.4, 0.5) is 13.2 Å². The van der Waals surface area contributed by atoms with E-state index in [0.29, 0.717) is 28.7 Å². The van der Waals surface area contributed by atoms with Crippen LogP contribution < -0.4 is 5.32 Å². The monoisotopic (exact) mass is 505 g/mol. The Kier molecular flexibility index (Phi) is 6.14. The summed E-state index contributed by atoms with van der Waals surface area (Å²) in [4.78, 5) is 20.4. The first-order chi connectivity index (χ1) is 15.3. The Morgan fingerprint density at radius 1 is 1.25 bits per heavy atom. The molecule has 0 saturated heterocycles. The predicted molar refractivity (Wildman–Crippen MR) is 118 cm³/mol. The largest absolute Gasteiger partial charge is 0.471 e. The minimum Gasteiger partial charge on any atom is -0.348 e. The summed E-state index contributed by atoms with van der Waals surface area (Å²) < 4.78 is 39.7. The van der Waals surface area contributed by atoms with E-state index in [1.165, 1.54) is 0 Å². The van der Waals surface area contributed by atoms with Crippen LogP contribution in [0.3, 0.4) is 0 Å². The third-order valence-electron chi connectivity index (χ3n) is 5.29. The Bertz CT molecular complexity index is 1290. The molecule has 166 valence electrons. The zero-order valence-electron chi connectivity index (χ0n) is 17.0. The molecule has 0 radical (unpaired) electrons. The molecule has 10 heteroatoms. The molecule has 0 spiro atoms. The van der Waals surface area contributed by atoms with Crippen molar-refractivity contribution in [1.82, 2.24) is 24.9 Å². The minimum atomic E-state index is -4.89. The molecule has 1 unspecified atom stereocenters. The number of halogens is 4. The highest BCUT2D eigenvalue weighted by Gasteiger charge is 2.38. The molecule has 0 aliphatic carbocycles. The van der Waals surface area contributed by atoms with E-state index >= 15 is 0 Å². The Labute approximate surface area is 190 Å². The number of fused-ring (bicyclic) bond motifs is 2. The van der Waals surface area contributed by atoms with Crippen LogP contribution in [0.25, 0.3) is 27.7 Å². The van der Waals surface area contributed by atoms with E-state index in [1.807, 2.05) is 42.6 Å². The van der Waals surface area contributed by atoms with Gasteiger partial charge in [-0.3, -0.25) is 9.78 Å². The first kappa shape index (κ1) is 22.2. The summed E-state index contributed by atoms with van der Waals surface area (Å²) in [6, 6.07) is 9.81. The number of carbonyl (C=O) groups is 1. The molecule has 4 rings (SSSR count). The standard InChI is InChI=1S/C22H19BrF3N5O/c1-2-13(7-8-27-21(32)22(24,25)26)19-17(23)12-31-20(30-19)16(11-29-31)15-9-14-5-3-4-6-18(14)28-10-15/h3-6,9-13H,2,7-8H2,1H3,(H,27,32). The Morgan fingerprint density at radius 3 is 2.78 bits per heavy atom. The van der Waals surface area contributed by atoms with E-state index in [9.17, 15) is 18.0 Å². The lowest BCUT2D eigenvalue weighted by molar-refractivity contribution is -0.173. The van der Waals surface area contributed by atoms with Crippen LogP contribution >= 0.6 is 15.9 Å². The molecular formula is C22H19BrF3N5O. The first-order valence-electron chi connectivity index (χ1n) is 10.0. The number of aromatic nitrogens is 4. The maximum Gasteiger partial charge on any atom is 0.471 e. The van der Waals surface area contributed by atoms with Crippen LogP contribution in [-0.2, 0) is 4.79 Å². The Hall–Kier alpha value is -3.01. The molecule has 1 N–H and O–H groups in total. The molecule has 32 heavy (non-hydrogen) atoms. The quantitative estimate of drug-likeness (QED) is 0.387. The maximum absolute atomic E-state index is 12.4. The van der Waals surface area contributed by atoms with Crippen molar-refractivity contribution in [2.75, 3.05) is 6.54 Å². The molecule has 1 atom stereocenters. The number of carbonyl (C=O) groups excluding carboxylic acids is 1. The molecule has 1 amide bonds. The molecule has 0 bridgehead atoms. The maximum atomic E-state index is 12.4. The smallest absolute Gasteiger partial charge is 0.348 e. The van der Waals surface area contributed by atoms with Gasteiger partial charge in [0.25, 0.3) is 0 Å². The van der Waals surface area contributed by atoms with Crippen LogP contribution in [0, 0.1) is 0 Å². The van der Waals surface area contributed by atoms with Crippen LogP contribution in [0.1, 0.15) is 31.4 Å². The third kappa shape index (κ3) is 4.45. The highest BCUT2D eigenvalue weighted by atomic mass is 79.9. The summed E-state index contributed by atoms with van der Waals surface area (Å²) in [6.45, 7) is 1.83. The number of para-hydroxylation sites is 1. The van der Waals surface area contributed by atoms with Gasteiger partial charge in [-0.25, -0.2) is 9.50 Å². The van der Waals surface area contributed by atoms with Crippen LogP contribution in [0.2, 0.25) is 0 Å². The van der Waals surface area contributed by atoms with E-state index in [-0.39, 0.29) is 12.5 Å². The van der Waals surface area contributed by atoms with E-state index in [1.54, 1.807) is 23.1 Å².